The van der Waals surface area contributed by atoms with Crippen molar-refractivity contribution in [2.45, 2.75) is 13.8 Å². The minimum Gasteiger partial charge on any atom is -0.861 e. The molecule has 10 heavy (non-hydrogen) atoms. The average molecular weight is 167 g/mol. The van der Waals surface area contributed by atoms with E-state index in [-0.39, 0.29) is 13.2 Å². The van der Waals surface area contributed by atoms with Gasteiger partial charge in [0, 0.05) is 13.2 Å². The first-order valence-corrected chi connectivity index (χ1v) is 4.47. The maximum absolute atomic E-state index is 9.51. The molecule has 64 valence electrons. The van der Waals surface area contributed by atoms with Crippen molar-refractivity contribution in [3.8, 4) is 0 Å². The molecule has 0 aliphatic rings. The molecule has 0 radical (unpaired) electrons. The molecule has 0 aliphatic heterocycles. The van der Waals surface area contributed by atoms with Crippen molar-refractivity contribution < 1.29 is 23.9 Å². The summed E-state index contributed by atoms with van der Waals surface area (Å²) in [4.78, 5) is 28.5. The van der Waals surface area contributed by atoms with E-state index in [1.165, 1.54) is 6.92 Å². The van der Waals surface area contributed by atoms with Crippen LogP contribution in [0.2, 0.25) is 0 Å². The molecule has 0 saturated carbocycles. The largest absolute Gasteiger partial charge is 0.861 e. The van der Waals surface area contributed by atoms with Crippen LogP contribution < -0.4 is 14.4 Å². The molecule has 0 spiro atoms. The van der Waals surface area contributed by atoms with E-state index in [1.807, 2.05) is 0 Å². The predicted molar refractivity (Wildman–Crippen MR) is 30.1 cm³/mol. The lowest BCUT2D eigenvalue weighted by Crippen LogP contribution is -2.75. The quantitative estimate of drug-likeness (QED) is 0.431. The average Bonchev–Trinajstić information content (AvgIpc) is 1.63. The summed E-state index contributed by atoms with van der Waals surface area (Å²) in [5, 5.41) is 7.57. The van der Waals surface area contributed by atoms with Gasteiger partial charge in [0.25, 0.3) is 0 Å². The number of aliphatic hydroxyl groups is 1. The number of hydrogen-bond acceptors (Lipinski definition) is 5. The van der Waals surface area contributed by atoms with Crippen molar-refractivity contribution in [1.82, 2.24) is 0 Å². The summed E-state index contributed by atoms with van der Waals surface area (Å²) in [6.07, 6.45) is 0. The normalized spacial score (nSPS) is 10.2. The predicted octanol–water partition coefficient (Wildman–Crippen LogP) is -3.46. The molecular weight excluding hydrogens is 156 g/mol. The Labute approximate surface area is 61.0 Å². The molecule has 0 saturated heterocycles. The second kappa shape index (κ2) is 7.13. The van der Waals surface area contributed by atoms with Crippen molar-refractivity contribution in [2.24, 2.45) is 0 Å². The number of rotatable bonds is 2. The highest BCUT2D eigenvalue weighted by Gasteiger charge is 1.76. The van der Waals surface area contributed by atoms with E-state index in [0.717, 1.165) is 0 Å². The van der Waals surface area contributed by atoms with Crippen LogP contribution in [0, 0.1) is 0 Å². The van der Waals surface area contributed by atoms with Crippen molar-refractivity contribution >= 4 is 9.05 Å². The first kappa shape index (κ1) is 12.7. The Bertz CT molecular complexity index is 61.2. The summed E-state index contributed by atoms with van der Waals surface area (Å²) in [6.45, 7) is 3.30. The van der Waals surface area contributed by atoms with Gasteiger partial charge in [-0.05, 0) is 13.8 Å². The second-order valence-electron chi connectivity index (χ2n) is 1.25. The smallest absolute Gasteiger partial charge is 0.0402 e. The molecule has 5 nitrogen and oxygen atoms in total. The molecule has 1 N–H and O–H groups in total. The standard InChI is InChI=1S/C2H5O4Si.C2H6O/c1-2-6-7(3,4)5;1-2-3/h2H2,1H3;3H,2H2,1H3/q-3;. The molecule has 0 rings (SSSR count). The van der Waals surface area contributed by atoms with Crippen molar-refractivity contribution in [2.75, 3.05) is 13.2 Å². The van der Waals surface area contributed by atoms with E-state index in [0.29, 0.717) is 0 Å². The molecular formula is C4H11O5Si-3. The van der Waals surface area contributed by atoms with Crippen LogP contribution in [0.3, 0.4) is 0 Å². The van der Waals surface area contributed by atoms with Crippen LogP contribution in [-0.2, 0) is 4.43 Å². The monoisotopic (exact) mass is 167 g/mol. The Morgan fingerprint density at radius 1 is 1.30 bits per heavy atom. The minimum absolute atomic E-state index is 0.0667. The Kier molecular flexibility index (Phi) is 9.03. The lowest BCUT2D eigenvalue weighted by atomic mass is 10.9. The minimum atomic E-state index is -4.91. The maximum Gasteiger partial charge on any atom is 0.0402 e. The molecule has 0 heterocycles. The molecule has 0 aromatic carbocycles. The third kappa shape index (κ3) is 24.5. The summed E-state index contributed by atoms with van der Waals surface area (Å²) in [7, 11) is -4.91. The van der Waals surface area contributed by atoms with Gasteiger partial charge in [0.15, 0.2) is 0 Å². The van der Waals surface area contributed by atoms with Crippen molar-refractivity contribution in [3.05, 3.63) is 0 Å². The zero-order valence-corrected chi connectivity index (χ0v) is 6.99. The summed E-state index contributed by atoms with van der Waals surface area (Å²) in [6, 6.07) is 0. The van der Waals surface area contributed by atoms with Gasteiger partial charge in [0.1, 0.15) is 0 Å². The zero-order chi connectivity index (χ0) is 8.62. The Hall–Kier alpha value is 0.0169. The van der Waals surface area contributed by atoms with Gasteiger partial charge in [-0.1, -0.05) is 0 Å². The van der Waals surface area contributed by atoms with Crippen LogP contribution in [0.5, 0.6) is 0 Å². The van der Waals surface area contributed by atoms with Gasteiger partial charge >= 0.3 is 0 Å². The highest BCUT2D eigenvalue weighted by Crippen LogP contribution is 1.70. The third-order valence-electron chi connectivity index (χ3n) is 0.321. The maximum atomic E-state index is 9.51. The number of aliphatic hydroxyl groups excluding tert-OH is 1. The first-order chi connectivity index (χ1) is 4.47. The van der Waals surface area contributed by atoms with Crippen molar-refractivity contribution in [3.63, 3.8) is 0 Å². The number of hydrogen-bond donors (Lipinski definition) is 1. The third-order valence-corrected chi connectivity index (χ3v) is 0.963. The van der Waals surface area contributed by atoms with E-state index in [9.17, 15) is 14.4 Å². The highest BCUT2D eigenvalue weighted by molar-refractivity contribution is 6.42. The van der Waals surface area contributed by atoms with E-state index in [4.69, 9.17) is 5.11 Å². The summed E-state index contributed by atoms with van der Waals surface area (Å²) >= 11 is 0. The molecule has 0 bridgehead atoms. The second-order valence-corrected chi connectivity index (χ2v) is 2.54. The molecule has 0 fully saturated rings. The Morgan fingerprint density at radius 2 is 1.60 bits per heavy atom. The molecule has 0 unspecified atom stereocenters. The van der Waals surface area contributed by atoms with Gasteiger partial charge in [-0.25, -0.2) is 0 Å². The van der Waals surface area contributed by atoms with E-state index in [2.05, 4.69) is 4.43 Å². The molecule has 0 amide bonds. The Balaban J connectivity index is 0. The van der Waals surface area contributed by atoms with Crippen molar-refractivity contribution in [1.29, 1.82) is 0 Å². The lowest BCUT2D eigenvalue weighted by Gasteiger charge is -2.53. The van der Waals surface area contributed by atoms with Gasteiger partial charge in [-0.15, -0.1) is 9.05 Å². The zero-order valence-electron chi connectivity index (χ0n) is 5.99. The summed E-state index contributed by atoms with van der Waals surface area (Å²) < 4.78 is 3.70. The van der Waals surface area contributed by atoms with Gasteiger partial charge in [-0.2, -0.15) is 0 Å². The topological polar surface area (TPSA) is 98.6 Å². The van der Waals surface area contributed by atoms with Gasteiger partial charge in [0.2, 0.25) is 0 Å². The molecule has 0 aromatic rings. The van der Waals surface area contributed by atoms with E-state index in [1.54, 1.807) is 6.92 Å². The van der Waals surface area contributed by atoms with Gasteiger partial charge in [0.05, 0.1) is 0 Å². The van der Waals surface area contributed by atoms with Crippen LogP contribution >= 0.6 is 0 Å². The molecule has 0 aromatic heterocycles. The summed E-state index contributed by atoms with van der Waals surface area (Å²) in [5.74, 6) is 0. The van der Waals surface area contributed by atoms with Gasteiger partial charge < -0.3 is 23.9 Å². The fourth-order valence-electron chi connectivity index (χ4n) is 0.177. The van der Waals surface area contributed by atoms with Crippen LogP contribution in [0.4, 0.5) is 0 Å². The van der Waals surface area contributed by atoms with Crippen LogP contribution in [0.1, 0.15) is 13.8 Å². The molecule has 6 heteroatoms. The SMILES string of the molecule is CCO.CCO[Si]([O-])([O-])[O-]. The van der Waals surface area contributed by atoms with E-state index >= 15 is 0 Å². The van der Waals surface area contributed by atoms with Gasteiger partial charge in [-0.3, -0.25) is 0 Å². The van der Waals surface area contributed by atoms with Crippen LogP contribution in [-0.4, -0.2) is 27.4 Å². The van der Waals surface area contributed by atoms with E-state index < -0.39 is 9.05 Å². The highest BCUT2D eigenvalue weighted by atomic mass is 28.4. The fraction of sp³-hybridized carbons (Fsp3) is 1.00. The van der Waals surface area contributed by atoms with Crippen LogP contribution in [0.15, 0.2) is 0 Å². The Morgan fingerprint density at radius 3 is 1.60 bits per heavy atom. The first-order valence-electron chi connectivity index (χ1n) is 2.84. The molecule has 0 aliphatic carbocycles. The fourth-order valence-corrected chi connectivity index (χ4v) is 0.530. The molecule has 0 atom stereocenters. The lowest BCUT2D eigenvalue weighted by molar-refractivity contribution is -0.541. The summed E-state index contributed by atoms with van der Waals surface area (Å²) in [5.41, 5.74) is 0. The van der Waals surface area contributed by atoms with Crippen LogP contribution in [0.25, 0.3) is 0 Å².